The summed E-state index contributed by atoms with van der Waals surface area (Å²) in [5.74, 6) is -1.16. The zero-order chi connectivity index (χ0) is 10.7. The molecule has 1 aromatic rings. The first-order valence-corrected chi connectivity index (χ1v) is 4.52. The van der Waals surface area contributed by atoms with Crippen LogP contribution in [-0.4, -0.2) is 22.6 Å². The van der Waals surface area contributed by atoms with Crippen LogP contribution in [0.5, 0.6) is 5.75 Å². The third-order valence-electron chi connectivity index (χ3n) is 1.34. The number of ether oxygens (including phenoxy) is 1. The molecule has 0 amide bonds. The van der Waals surface area contributed by atoms with Crippen LogP contribution in [0.1, 0.15) is 16.6 Å². The molecule has 0 aliphatic carbocycles. The zero-order valence-corrected chi connectivity index (χ0v) is 8.04. The van der Waals surface area contributed by atoms with Gasteiger partial charge in [0.2, 0.25) is 0 Å². The predicted molar refractivity (Wildman–Crippen MR) is 48.6 cm³/mol. The molecule has 0 aliphatic rings. The fourth-order valence-electron chi connectivity index (χ4n) is 0.802. The monoisotopic (exact) mass is 217 g/mol. The average molecular weight is 217 g/mol. The normalized spacial score (nSPS) is 9.79. The van der Waals surface area contributed by atoms with E-state index in [1.807, 2.05) is 0 Å². The molecule has 0 spiro atoms. The Kier molecular flexibility index (Phi) is 3.03. The largest absolute Gasteiger partial charge is 0.506 e. The van der Waals surface area contributed by atoms with Gasteiger partial charge in [-0.05, 0) is 6.92 Å². The Labute approximate surface area is 82.9 Å². The molecule has 76 valence electrons. The molecule has 0 aliphatic heterocycles. The van der Waals surface area contributed by atoms with Crippen LogP contribution in [0.2, 0.25) is 0 Å². The van der Waals surface area contributed by atoms with Gasteiger partial charge >= 0.3 is 11.0 Å². The Morgan fingerprint density at radius 1 is 1.79 bits per heavy atom. The van der Waals surface area contributed by atoms with Crippen molar-refractivity contribution >= 4 is 22.3 Å². The fraction of sp³-hybridized carbons (Fsp3) is 0.286. The van der Waals surface area contributed by atoms with Crippen LogP contribution in [-0.2, 0) is 4.74 Å². The van der Waals surface area contributed by atoms with Crippen molar-refractivity contribution in [3.63, 3.8) is 0 Å². The van der Waals surface area contributed by atoms with Gasteiger partial charge < -0.3 is 9.84 Å². The van der Waals surface area contributed by atoms with Crippen molar-refractivity contribution in [2.45, 2.75) is 6.92 Å². The van der Waals surface area contributed by atoms with E-state index in [0.29, 0.717) is 11.3 Å². The third-order valence-corrected chi connectivity index (χ3v) is 2.40. The molecule has 0 saturated heterocycles. The third kappa shape index (κ3) is 1.99. The number of carbonyl (C=O) groups is 1. The number of nitrogens with zero attached hydrogens (tertiary/aromatic N) is 1. The molecule has 0 bridgehead atoms. The molecular formula is C7H7NO5S. The lowest BCUT2D eigenvalue weighted by atomic mass is 10.4. The number of hydrogen-bond acceptors (Lipinski definition) is 6. The van der Waals surface area contributed by atoms with Crippen molar-refractivity contribution in [3.05, 3.63) is 21.1 Å². The van der Waals surface area contributed by atoms with Gasteiger partial charge in [0.25, 0.3) is 0 Å². The topological polar surface area (TPSA) is 89.7 Å². The summed E-state index contributed by atoms with van der Waals surface area (Å²) in [6.07, 6.45) is 0. The highest BCUT2D eigenvalue weighted by Crippen LogP contribution is 2.33. The maximum Gasteiger partial charge on any atom is 0.352 e. The van der Waals surface area contributed by atoms with Crippen LogP contribution < -0.4 is 0 Å². The molecule has 14 heavy (non-hydrogen) atoms. The minimum absolute atomic E-state index is 0.140. The first-order valence-electron chi connectivity index (χ1n) is 3.70. The summed E-state index contributed by atoms with van der Waals surface area (Å²) in [4.78, 5) is 20.6. The number of hydrogen-bond donors (Lipinski definition) is 1. The number of carbonyl (C=O) groups excluding carboxylic acids is 1. The van der Waals surface area contributed by atoms with Crippen LogP contribution in [0.15, 0.2) is 6.07 Å². The second kappa shape index (κ2) is 4.05. The maximum atomic E-state index is 11.1. The Hall–Kier alpha value is -1.63. The van der Waals surface area contributed by atoms with E-state index in [2.05, 4.69) is 4.74 Å². The second-order valence-electron chi connectivity index (χ2n) is 2.28. The molecule has 7 heteroatoms. The lowest BCUT2D eigenvalue weighted by molar-refractivity contribution is -0.380. The van der Waals surface area contributed by atoms with Gasteiger partial charge in [-0.25, -0.2) is 4.79 Å². The Morgan fingerprint density at radius 3 is 2.86 bits per heavy atom. The van der Waals surface area contributed by atoms with E-state index in [9.17, 15) is 20.0 Å². The fourth-order valence-corrected chi connectivity index (χ4v) is 1.56. The minimum Gasteiger partial charge on any atom is -0.506 e. The van der Waals surface area contributed by atoms with Gasteiger partial charge in [0, 0.05) is 0 Å². The molecule has 1 N–H and O–H groups in total. The first kappa shape index (κ1) is 10.5. The number of aromatic hydroxyl groups is 1. The summed E-state index contributed by atoms with van der Waals surface area (Å²) >= 11 is 0.592. The van der Waals surface area contributed by atoms with Crippen molar-refractivity contribution in [1.29, 1.82) is 0 Å². The smallest absolute Gasteiger partial charge is 0.352 e. The van der Waals surface area contributed by atoms with E-state index in [1.54, 1.807) is 6.92 Å². The molecule has 0 fully saturated rings. The quantitative estimate of drug-likeness (QED) is 0.471. The van der Waals surface area contributed by atoms with Crippen LogP contribution >= 0.6 is 11.3 Å². The van der Waals surface area contributed by atoms with Crippen molar-refractivity contribution in [1.82, 2.24) is 0 Å². The maximum absolute atomic E-state index is 11.1. The Morgan fingerprint density at radius 2 is 2.43 bits per heavy atom. The van der Waals surface area contributed by atoms with Gasteiger partial charge in [-0.2, -0.15) is 0 Å². The summed E-state index contributed by atoms with van der Waals surface area (Å²) in [5, 5.41) is 19.2. The van der Waals surface area contributed by atoms with E-state index < -0.39 is 16.6 Å². The molecule has 1 heterocycles. The van der Waals surface area contributed by atoms with E-state index >= 15 is 0 Å². The van der Waals surface area contributed by atoms with Gasteiger partial charge in [0.15, 0.2) is 4.88 Å². The van der Waals surface area contributed by atoms with E-state index in [4.69, 9.17) is 0 Å². The van der Waals surface area contributed by atoms with Crippen molar-refractivity contribution in [2.75, 3.05) is 6.61 Å². The van der Waals surface area contributed by atoms with Crippen molar-refractivity contribution < 1.29 is 19.6 Å². The Bertz CT molecular complexity index is 372. The van der Waals surface area contributed by atoms with Gasteiger partial charge in [-0.3, -0.25) is 10.1 Å². The molecule has 6 nitrogen and oxygen atoms in total. The predicted octanol–water partition coefficient (Wildman–Crippen LogP) is 1.54. The highest BCUT2D eigenvalue weighted by Gasteiger charge is 2.22. The Balaban J connectivity index is 2.98. The summed E-state index contributed by atoms with van der Waals surface area (Å²) in [6, 6.07) is 0.928. The lowest BCUT2D eigenvalue weighted by Gasteiger charge is -1.97. The van der Waals surface area contributed by atoms with E-state index in [0.717, 1.165) is 6.07 Å². The average Bonchev–Trinajstić information content (AvgIpc) is 2.48. The van der Waals surface area contributed by atoms with Gasteiger partial charge in [-0.15, -0.1) is 0 Å². The number of esters is 1. The summed E-state index contributed by atoms with van der Waals surface area (Å²) < 4.78 is 4.59. The van der Waals surface area contributed by atoms with E-state index in [-0.39, 0.29) is 16.5 Å². The zero-order valence-electron chi connectivity index (χ0n) is 7.22. The highest BCUT2D eigenvalue weighted by atomic mass is 32.1. The summed E-state index contributed by atoms with van der Waals surface area (Å²) in [5.41, 5.74) is 0. The van der Waals surface area contributed by atoms with Gasteiger partial charge in [0.1, 0.15) is 5.75 Å². The summed E-state index contributed by atoms with van der Waals surface area (Å²) in [6.45, 7) is 1.76. The SMILES string of the molecule is CCOC(=O)c1sc([N+](=O)[O-])cc1O. The molecule has 1 rings (SSSR count). The van der Waals surface area contributed by atoms with Crippen molar-refractivity contribution in [2.24, 2.45) is 0 Å². The lowest BCUT2D eigenvalue weighted by Crippen LogP contribution is -2.01. The molecule has 0 aromatic carbocycles. The first-order chi connectivity index (χ1) is 6.56. The minimum atomic E-state index is -0.747. The van der Waals surface area contributed by atoms with Crippen molar-refractivity contribution in [3.8, 4) is 5.75 Å². The van der Waals surface area contributed by atoms with Crippen LogP contribution in [0.3, 0.4) is 0 Å². The van der Waals surface area contributed by atoms with Crippen LogP contribution in [0.4, 0.5) is 5.00 Å². The number of nitro groups is 1. The highest BCUT2D eigenvalue weighted by molar-refractivity contribution is 7.17. The molecule has 0 radical (unpaired) electrons. The molecule has 1 aromatic heterocycles. The van der Waals surface area contributed by atoms with Crippen LogP contribution in [0, 0.1) is 10.1 Å². The molecule has 0 atom stereocenters. The van der Waals surface area contributed by atoms with Gasteiger partial charge in [-0.1, -0.05) is 11.3 Å². The number of thiophene rings is 1. The number of rotatable bonds is 3. The molecular weight excluding hydrogens is 210 g/mol. The summed E-state index contributed by atoms with van der Waals surface area (Å²) in [7, 11) is 0. The molecule has 0 saturated carbocycles. The molecule has 0 unspecified atom stereocenters. The second-order valence-corrected chi connectivity index (χ2v) is 3.31. The van der Waals surface area contributed by atoms with Gasteiger partial charge in [0.05, 0.1) is 17.6 Å². The van der Waals surface area contributed by atoms with Crippen LogP contribution in [0.25, 0.3) is 0 Å². The standard InChI is InChI=1S/C7H7NO5S/c1-2-13-7(10)6-4(9)3-5(14-6)8(11)12/h3,9H,2H2,1H3. The van der Waals surface area contributed by atoms with E-state index in [1.165, 1.54) is 0 Å².